The lowest BCUT2D eigenvalue weighted by molar-refractivity contribution is -0.117. The second-order valence-electron chi connectivity index (χ2n) is 7.14. The molecule has 1 aliphatic carbocycles. The Labute approximate surface area is 173 Å². The van der Waals surface area contributed by atoms with Crippen LogP contribution in [0.5, 0.6) is 0 Å². The number of anilines is 1. The van der Waals surface area contributed by atoms with Crippen LogP contribution >= 0.6 is 0 Å². The van der Waals surface area contributed by atoms with Gasteiger partial charge in [0.15, 0.2) is 5.25 Å². The lowest BCUT2D eigenvalue weighted by atomic mass is 9.86. The Kier molecular flexibility index (Phi) is 4.94. The summed E-state index contributed by atoms with van der Waals surface area (Å²) in [6.45, 7) is 0. The number of halogens is 2. The molecular weight excluding hydrogens is 416 g/mol. The van der Waals surface area contributed by atoms with Crippen molar-refractivity contribution in [2.24, 2.45) is 0 Å². The van der Waals surface area contributed by atoms with E-state index in [-0.39, 0.29) is 41.5 Å². The summed E-state index contributed by atoms with van der Waals surface area (Å²) in [6, 6.07) is 6.12. The molecule has 3 unspecified atom stereocenters. The molecule has 8 nitrogen and oxygen atoms in total. The number of nitrogens with zero attached hydrogens (tertiary/aromatic N) is 2. The normalized spacial score (nSPS) is 25.7. The quantitative estimate of drug-likeness (QED) is 0.633. The predicted molar refractivity (Wildman–Crippen MR) is 105 cm³/mol. The van der Waals surface area contributed by atoms with Gasteiger partial charge in [-0.1, -0.05) is 0 Å². The number of fused-ring (bicyclic) bond motifs is 1. The fraction of sp³-hybridized carbons (Fsp3) is 0.263. The molecule has 2 heterocycles. The second-order valence-corrected chi connectivity index (χ2v) is 8.81. The minimum absolute atomic E-state index is 0.0211. The molecule has 2 aromatic rings. The Balaban J connectivity index is 1.70. The lowest BCUT2D eigenvalue weighted by Crippen LogP contribution is -2.65. The van der Waals surface area contributed by atoms with Crippen LogP contribution in [-0.2, 0) is 21.7 Å². The Bertz CT molecular complexity index is 1050. The van der Waals surface area contributed by atoms with Gasteiger partial charge in [0.2, 0.25) is 5.96 Å². The number of rotatable bonds is 3. The number of guanidine groups is 1. The number of pyridine rings is 1. The number of Topliss-reactive ketones (excluding diaryl/α,β-unsaturated/α-hetero) is 1. The summed E-state index contributed by atoms with van der Waals surface area (Å²) < 4.78 is 41.9. The van der Waals surface area contributed by atoms with Gasteiger partial charge in [-0.15, -0.1) is 0 Å². The molecule has 1 amide bonds. The highest BCUT2D eigenvalue weighted by atomic mass is 32.2. The third kappa shape index (κ3) is 3.29. The molecule has 1 aromatic carbocycles. The molecule has 2 fully saturated rings. The van der Waals surface area contributed by atoms with E-state index in [0.717, 1.165) is 18.3 Å². The maximum atomic E-state index is 14.9. The van der Waals surface area contributed by atoms with Gasteiger partial charge >= 0.3 is 0 Å². The molecule has 3 atom stereocenters. The first-order valence-corrected chi connectivity index (χ1v) is 10.1. The zero-order chi connectivity index (χ0) is 21.6. The summed E-state index contributed by atoms with van der Waals surface area (Å²) in [7, 11) is 1.46. The first-order valence-electron chi connectivity index (χ1n) is 8.97. The number of hydrogen-bond donors (Lipinski definition) is 3. The molecule has 0 bridgehead atoms. The van der Waals surface area contributed by atoms with Crippen LogP contribution in [0.25, 0.3) is 0 Å². The van der Waals surface area contributed by atoms with Crippen LogP contribution in [0.15, 0.2) is 36.5 Å². The molecule has 156 valence electrons. The molecule has 4 rings (SSSR count). The predicted octanol–water partition coefficient (Wildman–Crippen LogP) is 1.67. The summed E-state index contributed by atoms with van der Waals surface area (Å²) in [6.07, 6.45) is 0.752. The van der Waals surface area contributed by atoms with Gasteiger partial charge in [-0.2, -0.15) is 4.31 Å². The Morgan fingerprint density at radius 3 is 2.87 bits per heavy atom. The number of carbonyl (C=O) groups excluding carboxylic acids is 2. The fourth-order valence-corrected chi connectivity index (χ4v) is 5.35. The zero-order valence-electron chi connectivity index (χ0n) is 15.7. The number of hydrogen-bond acceptors (Lipinski definition) is 5. The van der Waals surface area contributed by atoms with Crippen molar-refractivity contribution in [1.29, 1.82) is 5.41 Å². The number of amides is 1. The van der Waals surface area contributed by atoms with Crippen LogP contribution < -0.4 is 10.6 Å². The minimum atomic E-state index is -1.71. The average Bonchev–Trinajstić information content (AvgIpc) is 3.05. The van der Waals surface area contributed by atoms with Gasteiger partial charge in [-0.3, -0.25) is 15.0 Å². The van der Waals surface area contributed by atoms with Gasteiger partial charge in [0.25, 0.3) is 5.91 Å². The van der Waals surface area contributed by atoms with Gasteiger partial charge < -0.3 is 15.2 Å². The number of benzene rings is 1. The lowest BCUT2D eigenvalue weighted by Gasteiger charge is -2.44. The molecule has 30 heavy (non-hydrogen) atoms. The Hall–Kier alpha value is -3.05. The van der Waals surface area contributed by atoms with Crippen LogP contribution in [0, 0.1) is 17.0 Å². The summed E-state index contributed by atoms with van der Waals surface area (Å²) in [5.41, 5.74) is -1.14. The van der Waals surface area contributed by atoms with Crippen molar-refractivity contribution < 1.29 is 22.9 Å². The van der Waals surface area contributed by atoms with E-state index < -0.39 is 39.7 Å². The number of nitrogens with one attached hydrogen (secondary N) is 3. The van der Waals surface area contributed by atoms with Crippen molar-refractivity contribution in [3.8, 4) is 0 Å². The van der Waals surface area contributed by atoms with Gasteiger partial charge in [-0.05, 0) is 30.3 Å². The van der Waals surface area contributed by atoms with Crippen LogP contribution in [0.3, 0.4) is 0 Å². The van der Waals surface area contributed by atoms with E-state index in [1.165, 1.54) is 29.6 Å². The minimum Gasteiger partial charge on any atom is -0.593 e. The molecule has 1 aromatic heterocycles. The average molecular weight is 433 g/mol. The van der Waals surface area contributed by atoms with E-state index in [2.05, 4.69) is 15.6 Å². The highest BCUT2D eigenvalue weighted by Gasteiger charge is 2.61. The van der Waals surface area contributed by atoms with E-state index in [9.17, 15) is 22.9 Å². The van der Waals surface area contributed by atoms with Crippen molar-refractivity contribution in [1.82, 2.24) is 14.6 Å². The number of aromatic nitrogens is 1. The molecule has 1 saturated carbocycles. The molecule has 0 radical (unpaired) electrons. The van der Waals surface area contributed by atoms with E-state index in [1.54, 1.807) is 0 Å². The third-order valence-corrected chi connectivity index (χ3v) is 7.05. The first kappa shape index (κ1) is 20.2. The second kappa shape index (κ2) is 7.33. The third-order valence-electron chi connectivity index (χ3n) is 5.27. The summed E-state index contributed by atoms with van der Waals surface area (Å²) in [4.78, 5) is 28.3. The van der Waals surface area contributed by atoms with E-state index in [4.69, 9.17) is 5.41 Å². The van der Waals surface area contributed by atoms with Crippen LogP contribution in [-0.4, -0.2) is 43.8 Å². The molecular formula is C19H17F2N5O3S. The molecule has 1 aliphatic heterocycles. The molecule has 1 saturated heterocycles. The zero-order valence-corrected chi connectivity index (χ0v) is 16.6. The van der Waals surface area contributed by atoms with Crippen molar-refractivity contribution >= 4 is 34.7 Å². The van der Waals surface area contributed by atoms with Crippen LogP contribution in [0.1, 0.15) is 28.9 Å². The van der Waals surface area contributed by atoms with Crippen LogP contribution in [0.2, 0.25) is 0 Å². The summed E-state index contributed by atoms with van der Waals surface area (Å²) in [5.74, 6) is -2.27. The smallest absolute Gasteiger partial charge is 0.274 e. The van der Waals surface area contributed by atoms with Crippen molar-refractivity contribution in [2.75, 3.05) is 12.4 Å². The maximum absolute atomic E-state index is 14.9. The van der Waals surface area contributed by atoms with Gasteiger partial charge in [0, 0.05) is 17.7 Å². The van der Waals surface area contributed by atoms with Crippen molar-refractivity contribution in [2.45, 2.75) is 23.6 Å². The van der Waals surface area contributed by atoms with Gasteiger partial charge in [0.1, 0.15) is 28.7 Å². The molecule has 2 aliphatic rings. The van der Waals surface area contributed by atoms with E-state index in [0.29, 0.717) is 0 Å². The number of carbonyl (C=O) groups is 2. The monoisotopic (exact) mass is 433 g/mol. The van der Waals surface area contributed by atoms with E-state index >= 15 is 0 Å². The molecule has 3 N–H and O–H groups in total. The molecule has 11 heteroatoms. The standard InChI is InChI=1S/C19H17F2N5O3S/c1-26-18(22)25-19(8-12(27)7-16(19)30(26)29)13-6-11(3-4-14(13)21)24-17(28)15-5-2-10(20)9-23-15/h2-6,9,16H,7-8H2,1H3,(H2,22,25)(H,24,28). The van der Waals surface area contributed by atoms with Gasteiger partial charge in [0.05, 0.1) is 31.0 Å². The summed E-state index contributed by atoms with van der Waals surface area (Å²) >= 11 is -1.71. The van der Waals surface area contributed by atoms with Gasteiger partial charge in [-0.25, -0.2) is 13.8 Å². The molecule has 0 spiro atoms. The Morgan fingerprint density at radius 2 is 2.17 bits per heavy atom. The highest BCUT2D eigenvalue weighted by Crippen LogP contribution is 2.45. The first-order chi connectivity index (χ1) is 14.2. The van der Waals surface area contributed by atoms with Crippen molar-refractivity contribution in [3.05, 3.63) is 59.4 Å². The largest absolute Gasteiger partial charge is 0.593 e. The fourth-order valence-electron chi connectivity index (χ4n) is 3.80. The van der Waals surface area contributed by atoms with Crippen molar-refractivity contribution in [3.63, 3.8) is 0 Å². The van der Waals surface area contributed by atoms with Crippen LogP contribution in [0.4, 0.5) is 14.5 Å². The highest BCUT2D eigenvalue weighted by molar-refractivity contribution is 7.90. The summed E-state index contributed by atoms with van der Waals surface area (Å²) in [5, 5.41) is 12.7. The topological polar surface area (TPSA) is 121 Å². The SMILES string of the molecule is CN1C(=N)NC2(c3cc(NC(=O)c4ccc(F)cn4)ccc3F)CC(=O)CC2[S+]1[O-]. The Morgan fingerprint density at radius 1 is 1.40 bits per heavy atom. The van der Waals surface area contributed by atoms with E-state index in [1.807, 2.05) is 0 Å². The number of ketones is 1. The maximum Gasteiger partial charge on any atom is 0.274 e.